The fourth-order valence-electron chi connectivity index (χ4n) is 2.98. The van der Waals surface area contributed by atoms with E-state index in [0.29, 0.717) is 0 Å². The van der Waals surface area contributed by atoms with E-state index in [4.69, 9.17) is 18.9 Å². The highest BCUT2D eigenvalue weighted by Crippen LogP contribution is 2.20. The van der Waals surface area contributed by atoms with Gasteiger partial charge in [-0.25, -0.2) is 9.59 Å². The number of carbonyl (C=O) groups is 3. The molecule has 210 valence electrons. The molecule has 10 heteroatoms. The van der Waals surface area contributed by atoms with Crippen LogP contribution in [-0.4, -0.2) is 76.0 Å². The number of esters is 2. The predicted octanol–water partition coefficient (Wildman–Crippen LogP) is 2.28. The quantitative estimate of drug-likeness (QED) is 0.261. The van der Waals surface area contributed by atoms with Crippen molar-refractivity contribution in [2.24, 2.45) is 0 Å². The third-order valence-electron chi connectivity index (χ3n) is 5.29. The Hall–Kier alpha value is -2.53. The summed E-state index contributed by atoms with van der Waals surface area (Å²) in [6.45, 7) is 14.5. The fraction of sp³-hybridized carbons (Fsp3) is 0.667. The number of carbonyl (C=O) groups excluding carboxylic acids is 3. The van der Waals surface area contributed by atoms with E-state index in [9.17, 15) is 24.6 Å². The average Bonchev–Trinajstić information content (AvgIpc) is 2.76. The summed E-state index contributed by atoms with van der Waals surface area (Å²) in [6.07, 6.45) is -3.65. The zero-order valence-electron chi connectivity index (χ0n) is 23.4. The van der Waals surface area contributed by atoms with Gasteiger partial charge < -0.3 is 34.5 Å². The predicted molar refractivity (Wildman–Crippen MR) is 136 cm³/mol. The Morgan fingerprint density at radius 1 is 0.946 bits per heavy atom. The van der Waals surface area contributed by atoms with Crippen molar-refractivity contribution in [1.82, 2.24) is 5.32 Å². The molecule has 1 aromatic carbocycles. The van der Waals surface area contributed by atoms with Crippen LogP contribution in [0.2, 0.25) is 0 Å². The minimum atomic E-state index is -2.05. The largest absolute Gasteiger partial charge is 0.456 e. The van der Waals surface area contributed by atoms with Crippen LogP contribution in [0.25, 0.3) is 0 Å². The Morgan fingerprint density at radius 2 is 1.51 bits per heavy atom. The lowest BCUT2D eigenvalue weighted by molar-refractivity contribution is -0.263. The highest BCUT2D eigenvalue weighted by Gasteiger charge is 2.38. The Morgan fingerprint density at radius 3 is 2.03 bits per heavy atom. The third-order valence-corrected chi connectivity index (χ3v) is 5.29. The number of nitrogens with one attached hydrogen (secondary N) is 1. The van der Waals surface area contributed by atoms with Crippen LogP contribution in [0.1, 0.15) is 67.9 Å². The van der Waals surface area contributed by atoms with Gasteiger partial charge in [0.15, 0.2) is 6.10 Å². The number of hydrogen-bond acceptors (Lipinski definition) is 9. The SMILES string of the molecule is CC(O)C(=O)OC(C)C(C)(O)OC(C)C(=O)NC(Cc1ccccc1)C(=O)OC(C)(C)COC(C)(C)C. The molecule has 1 aromatic rings. The van der Waals surface area contributed by atoms with E-state index >= 15 is 0 Å². The summed E-state index contributed by atoms with van der Waals surface area (Å²) in [7, 11) is 0. The molecule has 0 fully saturated rings. The van der Waals surface area contributed by atoms with Gasteiger partial charge in [0.05, 0.1) is 12.2 Å². The number of aliphatic hydroxyl groups is 2. The van der Waals surface area contributed by atoms with E-state index in [2.05, 4.69) is 5.32 Å². The Kier molecular flexibility index (Phi) is 11.7. The van der Waals surface area contributed by atoms with Crippen molar-refractivity contribution in [1.29, 1.82) is 0 Å². The Labute approximate surface area is 219 Å². The summed E-state index contributed by atoms with van der Waals surface area (Å²) in [5.41, 5.74) is -0.585. The number of amides is 1. The lowest BCUT2D eigenvalue weighted by atomic mass is 10.0. The second-order valence-corrected chi connectivity index (χ2v) is 10.9. The standard InChI is InChI=1S/C27H43NO9/c1-17(29)23(31)35-19(3)27(9,33)36-18(2)22(30)28-21(15-20-13-11-10-12-14-20)24(32)37-26(7,8)16-34-25(4,5)6/h10-14,17-19,21,29,33H,15-16H2,1-9H3,(H,28,30). The molecule has 0 radical (unpaired) electrons. The van der Waals surface area contributed by atoms with E-state index in [0.717, 1.165) is 5.56 Å². The van der Waals surface area contributed by atoms with Crippen LogP contribution in [0, 0.1) is 0 Å². The zero-order valence-corrected chi connectivity index (χ0v) is 23.4. The van der Waals surface area contributed by atoms with Gasteiger partial charge in [-0.2, -0.15) is 0 Å². The van der Waals surface area contributed by atoms with Crippen molar-refractivity contribution in [3.8, 4) is 0 Å². The monoisotopic (exact) mass is 525 g/mol. The molecule has 0 saturated heterocycles. The summed E-state index contributed by atoms with van der Waals surface area (Å²) in [6, 6.07) is 8.07. The molecule has 1 rings (SSSR count). The van der Waals surface area contributed by atoms with Crippen molar-refractivity contribution in [3.63, 3.8) is 0 Å². The van der Waals surface area contributed by atoms with Gasteiger partial charge in [-0.1, -0.05) is 30.3 Å². The molecular weight excluding hydrogens is 482 g/mol. The summed E-state index contributed by atoms with van der Waals surface area (Å²) >= 11 is 0. The number of hydrogen-bond donors (Lipinski definition) is 3. The first kappa shape index (κ1) is 32.5. The first-order chi connectivity index (χ1) is 16.8. The van der Waals surface area contributed by atoms with E-state index < -0.39 is 59.2 Å². The summed E-state index contributed by atoms with van der Waals surface area (Å²) in [5, 5.41) is 22.6. The molecule has 0 aliphatic rings. The van der Waals surface area contributed by atoms with Crippen LogP contribution < -0.4 is 5.32 Å². The zero-order chi connectivity index (χ0) is 28.6. The minimum Gasteiger partial charge on any atom is -0.456 e. The van der Waals surface area contributed by atoms with E-state index in [1.807, 2.05) is 51.1 Å². The van der Waals surface area contributed by atoms with Gasteiger partial charge in [0, 0.05) is 6.42 Å². The molecule has 0 heterocycles. The van der Waals surface area contributed by atoms with E-state index in [1.165, 1.54) is 27.7 Å². The normalized spacial score (nSPS) is 17.1. The molecule has 37 heavy (non-hydrogen) atoms. The molecule has 10 nitrogen and oxygen atoms in total. The average molecular weight is 526 g/mol. The van der Waals surface area contributed by atoms with Crippen LogP contribution >= 0.6 is 0 Å². The lowest BCUT2D eigenvalue weighted by Crippen LogP contribution is -2.53. The number of ether oxygens (including phenoxy) is 4. The van der Waals surface area contributed by atoms with Gasteiger partial charge in [0.1, 0.15) is 23.9 Å². The van der Waals surface area contributed by atoms with Crippen LogP contribution in [0.3, 0.4) is 0 Å². The lowest BCUT2D eigenvalue weighted by Gasteiger charge is -2.33. The van der Waals surface area contributed by atoms with Gasteiger partial charge in [-0.3, -0.25) is 4.79 Å². The van der Waals surface area contributed by atoms with Crippen LogP contribution in [0.5, 0.6) is 0 Å². The van der Waals surface area contributed by atoms with E-state index in [-0.39, 0.29) is 13.0 Å². The molecule has 0 aliphatic carbocycles. The first-order valence-electron chi connectivity index (χ1n) is 12.3. The van der Waals surface area contributed by atoms with Crippen molar-refractivity contribution in [3.05, 3.63) is 35.9 Å². The molecule has 0 aromatic heterocycles. The van der Waals surface area contributed by atoms with Crippen molar-refractivity contribution in [2.45, 2.75) is 110 Å². The third kappa shape index (κ3) is 12.0. The Bertz CT molecular complexity index is 891. The topological polar surface area (TPSA) is 141 Å². The van der Waals surface area contributed by atoms with Crippen LogP contribution in [-0.2, 0) is 39.8 Å². The molecule has 5 unspecified atom stereocenters. The van der Waals surface area contributed by atoms with Gasteiger partial charge >= 0.3 is 11.9 Å². The van der Waals surface area contributed by atoms with Gasteiger partial charge in [0.2, 0.25) is 11.7 Å². The number of aliphatic hydroxyl groups excluding tert-OH is 1. The minimum absolute atomic E-state index is 0.152. The van der Waals surface area contributed by atoms with Crippen molar-refractivity contribution < 1.29 is 43.5 Å². The Balaban J connectivity index is 2.96. The second-order valence-electron chi connectivity index (χ2n) is 10.9. The second kappa shape index (κ2) is 13.3. The number of benzene rings is 1. The summed E-state index contributed by atoms with van der Waals surface area (Å²) in [5.74, 6) is -4.34. The van der Waals surface area contributed by atoms with Crippen molar-refractivity contribution in [2.75, 3.05) is 6.61 Å². The molecule has 0 aliphatic heterocycles. The molecular formula is C27H43NO9. The summed E-state index contributed by atoms with van der Waals surface area (Å²) in [4.78, 5) is 37.8. The highest BCUT2D eigenvalue weighted by molar-refractivity contribution is 5.87. The molecule has 1 amide bonds. The summed E-state index contributed by atoms with van der Waals surface area (Å²) < 4.78 is 21.9. The fourth-order valence-corrected chi connectivity index (χ4v) is 2.98. The maximum absolute atomic E-state index is 13.2. The van der Waals surface area contributed by atoms with E-state index in [1.54, 1.807) is 13.8 Å². The van der Waals surface area contributed by atoms with Crippen LogP contribution in [0.4, 0.5) is 0 Å². The molecule has 0 spiro atoms. The maximum Gasteiger partial charge on any atom is 0.335 e. The van der Waals surface area contributed by atoms with Gasteiger partial charge in [-0.05, 0) is 67.9 Å². The van der Waals surface area contributed by atoms with Gasteiger partial charge in [0.25, 0.3) is 0 Å². The molecule has 0 saturated carbocycles. The molecule has 3 N–H and O–H groups in total. The van der Waals surface area contributed by atoms with Crippen molar-refractivity contribution >= 4 is 17.8 Å². The molecule has 0 bridgehead atoms. The molecule has 5 atom stereocenters. The number of rotatable bonds is 13. The highest BCUT2D eigenvalue weighted by atomic mass is 16.7. The van der Waals surface area contributed by atoms with Gasteiger partial charge in [-0.15, -0.1) is 0 Å². The smallest absolute Gasteiger partial charge is 0.335 e. The first-order valence-corrected chi connectivity index (χ1v) is 12.3. The van der Waals surface area contributed by atoms with Crippen LogP contribution in [0.15, 0.2) is 30.3 Å². The maximum atomic E-state index is 13.2.